The second kappa shape index (κ2) is 4.30. The summed E-state index contributed by atoms with van der Waals surface area (Å²) in [6, 6.07) is 3.95. The molecule has 3 heterocycles. The quantitative estimate of drug-likeness (QED) is 0.794. The molecule has 5 nitrogen and oxygen atoms in total. The molecule has 102 valence electrons. The number of H-pyrrole nitrogens is 1. The van der Waals surface area contributed by atoms with Crippen LogP contribution in [0.5, 0.6) is 0 Å². The van der Waals surface area contributed by atoms with E-state index in [-0.39, 0.29) is 5.78 Å². The molecule has 0 aromatic carbocycles. The first-order chi connectivity index (χ1) is 9.50. The molecular weight excluding hydrogens is 252 g/mol. The number of rotatable bonds is 3. The summed E-state index contributed by atoms with van der Waals surface area (Å²) in [6.07, 6.45) is 7.32. The molecule has 0 spiro atoms. The van der Waals surface area contributed by atoms with Crippen LogP contribution >= 0.6 is 0 Å². The number of fused-ring (bicyclic) bond motifs is 1. The van der Waals surface area contributed by atoms with Gasteiger partial charge in [-0.1, -0.05) is 0 Å². The molecule has 0 aliphatic heterocycles. The molecule has 0 saturated heterocycles. The molecule has 1 N–H and O–H groups in total. The second-order valence-electron chi connectivity index (χ2n) is 5.39. The lowest BCUT2D eigenvalue weighted by Crippen LogP contribution is -2.34. The lowest BCUT2D eigenvalue weighted by Gasteiger charge is -2.21. The van der Waals surface area contributed by atoms with Crippen molar-refractivity contribution in [1.29, 1.82) is 0 Å². The predicted molar refractivity (Wildman–Crippen MR) is 77.3 cm³/mol. The number of hydrogen-bond acceptors (Lipinski definition) is 3. The molecule has 0 unspecified atom stereocenters. The Morgan fingerprint density at radius 1 is 1.35 bits per heavy atom. The Hall–Kier alpha value is -2.43. The van der Waals surface area contributed by atoms with Crippen LogP contribution in [-0.4, -0.2) is 25.5 Å². The lowest BCUT2D eigenvalue weighted by molar-refractivity contribution is -0.124. The van der Waals surface area contributed by atoms with Crippen LogP contribution < -0.4 is 0 Å². The van der Waals surface area contributed by atoms with Crippen molar-refractivity contribution in [3.05, 3.63) is 36.9 Å². The standard InChI is InChI=1S/C15H16N4O/c1-10(20)15(2,3)19-9-11(8-18-19)12-4-6-16-14-13(12)5-7-17-14/h4-9H,1-3H3,(H,16,17). The molecule has 3 aromatic rings. The topological polar surface area (TPSA) is 63.6 Å². The molecule has 0 bridgehead atoms. The first-order valence-corrected chi connectivity index (χ1v) is 6.49. The summed E-state index contributed by atoms with van der Waals surface area (Å²) >= 11 is 0. The van der Waals surface area contributed by atoms with Crippen molar-refractivity contribution < 1.29 is 4.79 Å². The van der Waals surface area contributed by atoms with Gasteiger partial charge in [0.1, 0.15) is 11.2 Å². The minimum absolute atomic E-state index is 0.0775. The van der Waals surface area contributed by atoms with Crippen LogP contribution in [0.25, 0.3) is 22.2 Å². The van der Waals surface area contributed by atoms with E-state index in [0.29, 0.717) is 0 Å². The van der Waals surface area contributed by atoms with Gasteiger partial charge in [0.2, 0.25) is 0 Å². The van der Waals surface area contributed by atoms with Crippen LogP contribution in [-0.2, 0) is 10.3 Å². The average molecular weight is 268 g/mol. The van der Waals surface area contributed by atoms with E-state index in [1.807, 2.05) is 38.4 Å². The molecule has 20 heavy (non-hydrogen) atoms. The minimum Gasteiger partial charge on any atom is -0.346 e. The van der Waals surface area contributed by atoms with Gasteiger partial charge in [0, 0.05) is 29.5 Å². The zero-order chi connectivity index (χ0) is 14.3. The van der Waals surface area contributed by atoms with Gasteiger partial charge in [-0.3, -0.25) is 9.48 Å². The molecule has 5 heteroatoms. The number of Topliss-reactive ketones (excluding diaryl/α,β-unsaturated/α-hetero) is 1. The van der Waals surface area contributed by atoms with E-state index in [9.17, 15) is 4.79 Å². The maximum atomic E-state index is 11.7. The third-order valence-corrected chi connectivity index (χ3v) is 3.79. The molecule has 0 aliphatic rings. The normalized spacial score (nSPS) is 11.9. The number of ketones is 1. The number of carbonyl (C=O) groups excluding carboxylic acids is 1. The maximum Gasteiger partial charge on any atom is 0.156 e. The summed E-state index contributed by atoms with van der Waals surface area (Å²) < 4.78 is 1.71. The second-order valence-corrected chi connectivity index (χ2v) is 5.39. The molecule has 0 amide bonds. The van der Waals surface area contributed by atoms with Crippen molar-refractivity contribution in [3.8, 4) is 11.1 Å². The van der Waals surface area contributed by atoms with Crippen molar-refractivity contribution in [2.24, 2.45) is 0 Å². The van der Waals surface area contributed by atoms with E-state index in [2.05, 4.69) is 15.1 Å². The van der Waals surface area contributed by atoms with E-state index in [1.165, 1.54) is 0 Å². The van der Waals surface area contributed by atoms with E-state index < -0.39 is 5.54 Å². The van der Waals surface area contributed by atoms with Gasteiger partial charge < -0.3 is 4.98 Å². The summed E-state index contributed by atoms with van der Waals surface area (Å²) in [5, 5.41) is 5.39. The van der Waals surface area contributed by atoms with Crippen LogP contribution in [0.4, 0.5) is 0 Å². The Morgan fingerprint density at radius 2 is 2.15 bits per heavy atom. The zero-order valence-corrected chi connectivity index (χ0v) is 11.7. The molecule has 0 saturated carbocycles. The highest BCUT2D eigenvalue weighted by atomic mass is 16.1. The van der Waals surface area contributed by atoms with Crippen LogP contribution in [0.15, 0.2) is 36.9 Å². The lowest BCUT2D eigenvalue weighted by atomic mass is 10.0. The minimum atomic E-state index is -0.636. The number of pyridine rings is 1. The van der Waals surface area contributed by atoms with Gasteiger partial charge in [0.15, 0.2) is 5.78 Å². The highest BCUT2D eigenvalue weighted by molar-refractivity contribution is 5.92. The number of nitrogens with zero attached hydrogens (tertiary/aromatic N) is 3. The molecule has 0 atom stereocenters. The Bertz CT molecular complexity index is 782. The van der Waals surface area contributed by atoms with Crippen LogP contribution in [0.1, 0.15) is 20.8 Å². The zero-order valence-electron chi connectivity index (χ0n) is 11.7. The summed E-state index contributed by atoms with van der Waals surface area (Å²) in [4.78, 5) is 19.1. The van der Waals surface area contributed by atoms with Crippen LogP contribution in [0.2, 0.25) is 0 Å². The van der Waals surface area contributed by atoms with E-state index >= 15 is 0 Å². The van der Waals surface area contributed by atoms with Gasteiger partial charge in [-0.25, -0.2) is 4.98 Å². The summed E-state index contributed by atoms with van der Waals surface area (Å²) in [5.41, 5.74) is 2.25. The van der Waals surface area contributed by atoms with Gasteiger partial charge in [-0.05, 0) is 38.5 Å². The third kappa shape index (κ3) is 1.82. The number of aromatic nitrogens is 4. The molecular formula is C15H16N4O. The SMILES string of the molecule is CC(=O)C(C)(C)n1cc(-c2ccnc3[nH]ccc23)cn1. The maximum absolute atomic E-state index is 11.7. The highest BCUT2D eigenvalue weighted by Gasteiger charge is 2.26. The number of nitrogens with one attached hydrogen (secondary N) is 1. The smallest absolute Gasteiger partial charge is 0.156 e. The van der Waals surface area contributed by atoms with Crippen molar-refractivity contribution >= 4 is 16.8 Å². The largest absolute Gasteiger partial charge is 0.346 e. The van der Waals surface area contributed by atoms with E-state index in [4.69, 9.17) is 0 Å². The number of hydrogen-bond donors (Lipinski definition) is 1. The van der Waals surface area contributed by atoms with Gasteiger partial charge in [0.05, 0.1) is 6.20 Å². The molecule has 0 fully saturated rings. The third-order valence-electron chi connectivity index (χ3n) is 3.79. The first-order valence-electron chi connectivity index (χ1n) is 6.49. The Labute approximate surface area is 116 Å². The first kappa shape index (κ1) is 12.6. The average Bonchev–Trinajstić information content (AvgIpc) is 3.07. The van der Waals surface area contributed by atoms with Gasteiger partial charge in [0.25, 0.3) is 0 Å². The fraction of sp³-hybridized carbons (Fsp3) is 0.267. The molecule has 3 aromatic heterocycles. The van der Waals surface area contributed by atoms with Gasteiger partial charge in [-0.15, -0.1) is 0 Å². The van der Waals surface area contributed by atoms with Gasteiger partial charge in [-0.2, -0.15) is 5.10 Å². The Balaban J connectivity index is 2.11. The van der Waals surface area contributed by atoms with E-state index in [0.717, 1.165) is 22.2 Å². The van der Waals surface area contributed by atoms with Gasteiger partial charge >= 0.3 is 0 Å². The van der Waals surface area contributed by atoms with Crippen LogP contribution in [0, 0.1) is 0 Å². The number of aromatic amines is 1. The van der Waals surface area contributed by atoms with Crippen molar-refractivity contribution in [2.75, 3.05) is 0 Å². The number of carbonyl (C=O) groups is 1. The summed E-state index contributed by atoms with van der Waals surface area (Å²) in [5.74, 6) is 0.0775. The van der Waals surface area contributed by atoms with Crippen molar-refractivity contribution in [2.45, 2.75) is 26.3 Å². The summed E-state index contributed by atoms with van der Waals surface area (Å²) in [7, 11) is 0. The fourth-order valence-electron chi connectivity index (χ4n) is 2.14. The Kier molecular flexibility index (Phi) is 2.71. The van der Waals surface area contributed by atoms with Crippen molar-refractivity contribution in [3.63, 3.8) is 0 Å². The highest BCUT2D eigenvalue weighted by Crippen LogP contribution is 2.28. The van der Waals surface area contributed by atoms with Crippen LogP contribution in [0.3, 0.4) is 0 Å². The summed E-state index contributed by atoms with van der Waals surface area (Å²) in [6.45, 7) is 5.31. The molecule has 0 radical (unpaired) electrons. The molecule has 0 aliphatic carbocycles. The van der Waals surface area contributed by atoms with E-state index in [1.54, 1.807) is 24.0 Å². The Morgan fingerprint density at radius 3 is 2.90 bits per heavy atom. The fourth-order valence-corrected chi connectivity index (χ4v) is 2.14. The monoisotopic (exact) mass is 268 g/mol. The predicted octanol–water partition coefficient (Wildman–Crippen LogP) is 2.75. The van der Waals surface area contributed by atoms with Crippen molar-refractivity contribution in [1.82, 2.24) is 19.7 Å². The molecule has 3 rings (SSSR count).